The molecule has 2 heterocycles. The first kappa shape index (κ1) is 12.8. The Kier molecular flexibility index (Phi) is 3.20. The lowest BCUT2D eigenvalue weighted by atomic mass is 10.2. The Morgan fingerprint density at radius 3 is 2.84 bits per heavy atom. The van der Waals surface area contributed by atoms with Crippen molar-refractivity contribution in [3.8, 4) is 0 Å². The Balaban J connectivity index is 2.19. The van der Waals surface area contributed by atoms with Gasteiger partial charge in [-0.3, -0.25) is 0 Å². The predicted molar refractivity (Wildman–Crippen MR) is 80.2 cm³/mol. The number of aromatic nitrogens is 2. The van der Waals surface area contributed by atoms with E-state index < -0.39 is 0 Å². The summed E-state index contributed by atoms with van der Waals surface area (Å²) in [6.07, 6.45) is 0. The maximum absolute atomic E-state index is 13.2. The van der Waals surface area contributed by atoms with E-state index >= 15 is 0 Å². The number of fused-ring (bicyclic) bond motifs is 1. The fraction of sp³-hybridized carbons (Fsp3) is 0.154. The highest BCUT2D eigenvalue weighted by molar-refractivity contribution is 7.71. The van der Waals surface area contributed by atoms with Crippen LogP contribution >= 0.6 is 35.2 Å². The molecule has 1 unspecified atom stereocenters. The van der Waals surface area contributed by atoms with E-state index in [1.807, 2.05) is 16.7 Å². The summed E-state index contributed by atoms with van der Waals surface area (Å²) in [4.78, 5) is 4.15. The van der Waals surface area contributed by atoms with Crippen molar-refractivity contribution >= 4 is 46.2 Å². The Morgan fingerprint density at radius 1 is 1.37 bits per heavy atom. The molecular weight excluding hydrogens is 303 g/mol. The molecule has 1 aromatic carbocycles. The quantitative estimate of drug-likeness (QED) is 0.648. The molecule has 0 aliphatic heterocycles. The minimum Gasteiger partial charge on any atom is -0.330 e. The third kappa shape index (κ3) is 2.22. The fourth-order valence-electron chi connectivity index (χ4n) is 2.17. The molecule has 98 valence electrons. The van der Waals surface area contributed by atoms with Gasteiger partial charge in [-0.15, -0.1) is 11.3 Å². The number of imidazole rings is 1. The third-order valence-corrected chi connectivity index (χ3v) is 4.77. The van der Waals surface area contributed by atoms with Gasteiger partial charge in [0.2, 0.25) is 0 Å². The summed E-state index contributed by atoms with van der Waals surface area (Å²) in [5.41, 5.74) is 1.60. The molecule has 0 amide bonds. The van der Waals surface area contributed by atoms with Crippen LogP contribution in [0.15, 0.2) is 30.3 Å². The summed E-state index contributed by atoms with van der Waals surface area (Å²) >= 11 is 12.8. The van der Waals surface area contributed by atoms with Gasteiger partial charge in [0.05, 0.1) is 21.4 Å². The highest BCUT2D eigenvalue weighted by Crippen LogP contribution is 2.31. The van der Waals surface area contributed by atoms with Gasteiger partial charge in [-0.1, -0.05) is 11.6 Å². The van der Waals surface area contributed by atoms with Crippen LogP contribution in [0.25, 0.3) is 11.0 Å². The second-order valence-electron chi connectivity index (χ2n) is 4.28. The molecule has 19 heavy (non-hydrogen) atoms. The number of nitrogens with one attached hydrogen (secondary N) is 1. The number of halogens is 2. The van der Waals surface area contributed by atoms with Crippen molar-refractivity contribution in [1.82, 2.24) is 9.55 Å². The molecular formula is C13H10ClFN2S2. The van der Waals surface area contributed by atoms with E-state index in [1.54, 1.807) is 6.07 Å². The number of hydrogen-bond donors (Lipinski definition) is 1. The number of benzene rings is 1. The Bertz CT molecular complexity index is 802. The lowest BCUT2D eigenvalue weighted by Crippen LogP contribution is -2.04. The average Bonchev–Trinajstić information content (AvgIpc) is 2.91. The van der Waals surface area contributed by atoms with Crippen LogP contribution in [0.5, 0.6) is 0 Å². The topological polar surface area (TPSA) is 20.7 Å². The van der Waals surface area contributed by atoms with Crippen LogP contribution in [0, 0.1) is 10.6 Å². The molecule has 0 radical (unpaired) electrons. The first-order chi connectivity index (χ1) is 9.06. The predicted octanol–water partition coefficient (Wildman–Crippen LogP) is 5.16. The standard InChI is InChI=1S/C13H10ClFN2S2/c1-7(11-4-5-12(14)19-11)17-10-3-2-8(15)6-9(10)16-13(17)18/h2-7H,1H3,(H,16,18). The summed E-state index contributed by atoms with van der Waals surface area (Å²) in [7, 11) is 0. The van der Waals surface area contributed by atoms with E-state index in [4.69, 9.17) is 23.8 Å². The zero-order valence-electron chi connectivity index (χ0n) is 9.98. The van der Waals surface area contributed by atoms with Gasteiger partial charge in [0, 0.05) is 4.88 Å². The molecule has 0 spiro atoms. The number of aromatic amines is 1. The van der Waals surface area contributed by atoms with Gasteiger partial charge in [-0.2, -0.15) is 0 Å². The van der Waals surface area contributed by atoms with Gasteiger partial charge in [0.1, 0.15) is 5.82 Å². The van der Waals surface area contributed by atoms with Gasteiger partial charge in [0.15, 0.2) is 4.77 Å². The molecule has 2 aromatic heterocycles. The lowest BCUT2D eigenvalue weighted by Gasteiger charge is -2.12. The number of H-pyrrole nitrogens is 1. The van der Waals surface area contributed by atoms with Gasteiger partial charge >= 0.3 is 0 Å². The van der Waals surface area contributed by atoms with Crippen LogP contribution < -0.4 is 0 Å². The zero-order valence-corrected chi connectivity index (χ0v) is 12.4. The van der Waals surface area contributed by atoms with Crippen molar-refractivity contribution in [2.45, 2.75) is 13.0 Å². The maximum Gasteiger partial charge on any atom is 0.178 e. The van der Waals surface area contributed by atoms with Crippen molar-refractivity contribution in [3.63, 3.8) is 0 Å². The highest BCUT2D eigenvalue weighted by atomic mass is 35.5. The summed E-state index contributed by atoms with van der Waals surface area (Å²) in [5.74, 6) is -0.275. The normalized spacial score (nSPS) is 13.0. The van der Waals surface area contributed by atoms with Crippen molar-refractivity contribution in [3.05, 3.63) is 50.1 Å². The van der Waals surface area contributed by atoms with Gasteiger partial charge in [-0.25, -0.2) is 4.39 Å². The molecule has 0 saturated heterocycles. The third-order valence-electron chi connectivity index (χ3n) is 3.07. The summed E-state index contributed by atoms with van der Waals surface area (Å²) in [5, 5.41) is 0. The number of rotatable bonds is 2. The van der Waals surface area contributed by atoms with E-state index in [0.29, 0.717) is 10.3 Å². The van der Waals surface area contributed by atoms with E-state index in [9.17, 15) is 4.39 Å². The van der Waals surface area contributed by atoms with Crippen LogP contribution in [0.2, 0.25) is 4.34 Å². The number of nitrogens with zero attached hydrogens (tertiary/aromatic N) is 1. The molecule has 3 rings (SSSR count). The monoisotopic (exact) mass is 312 g/mol. The molecule has 0 saturated carbocycles. The van der Waals surface area contributed by atoms with E-state index in [2.05, 4.69) is 11.9 Å². The van der Waals surface area contributed by atoms with Crippen molar-refractivity contribution in [2.24, 2.45) is 0 Å². The Labute approximate surface area is 123 Å². The molecule has 6 heteroatoms. The molecule has 0 aliphatic carbocycles. The van der Waals surface area contributed by atoms with E-state index in [-0.39, 0.29) is 11.9 Å². The van der Waals surface area contributed by atoms with Crippen LogP contribution in [-0.2, 0) is 0 Å². The molecule has 0 fully saturated rings. The molecule has 1 N–H and O–H groups in total. The van der Waals surface area contributed by atoms with E-state index in [1.165, 1.54) is 23.5 Å². The van der Waals surface area contributed by atoms with Crippen LogP contribution in [0.3, 0.4) is 0 Å². The van der Waals surface area contributed by atoms with Gasteiger partial charge < -0.3 is 9.55 Å². The smallest absolute Gasteiger partial charge is 0.178 e. The van der Waals surface area contributed by atoms with Crippen molar-refractivity contribution < 1.29 is 4.39 Å². The Hall–Kier alpha value is -1.17. The fourth-order valence-corrected chi connectivity index (χ4v) is 3.64. The largest absolute Gasteiger partial charge is 0.330 e. The molecule has 0 bridgehead atoms. The van der Waals surface area contributed by atoms with Crippen molar-refractivity contribution in [2.75, 3.05) is 0 Å². The minimum atomic E-state index is -0.275. The minimum absolute atomic E-state index is 0.0595. The average molecular weight is 313 g/mol. The maximum atomic E-state index is 13.2. The van der Waals surface area contributed by atoms with Crippen LogP contribution in [-0.4, -0.2) is 9.55 Å². The van der Waals surface area contributed by atoms with Crippen LogP contribution in [0.1, 0.15) is 17.8 Å². The molecule has 0 aliphatic rings. The summed E-state index contributed by atoms with van der Waals surface area (Å²) in [6.45, 7) is 2.05. The summed E-state index contributed by atoms with van der Waals surface area (Å²) < 4.78 is 16.5. The summed E-state index contributed by atoms with van der Waals surface area (Å²) in [6, 6.07) is 8.55. The number of hydrogen-bond acceptors (Lipinski definition) is 2. The first-order valence-electron chi connectivity index (χ1n) is 5.71. The van der Waals surface area contributed by atoms with Crippen molar-refractivity contribution in [1.29, 1.82) is 0 Å². The lowest BCUT2D eigenvalue weighted by molar-refractivity contribution is 0.628. The second kappa shape index (κ2) is 4.74. The van der Waals surface area contributed by atoms with Crippen LogP contribution in [0.4, 0.5) is 4.39 Å². The molecule has 2 nitrogen and oxygen atoms in total. The SMILES string of the molecule is CC(c1ccc(Cl)s1)n1c(=S)[nH]c2cc(F)ccc21. The molecule has 3 aromatic rings. The first-order valence-corrected chi connectivity index (χ1v) is 7.31. The Morgan fingerprint density at radius 2 is 2.16 bits per heavy atom. The number of thiophene rings is 1. The molecule has 1 atom stereocenters. The van der Waals surface area contributed by atoms with Gasteiger partial charge in [0.25, 0.3) is 0 Å². The van der Waals surface area contributed by atoms with E-state index in [0.717, 1.165) is 14.7 Å². The highest BCUT2D eigenvalue weighted by Gasteiger charge is 2.15. The second-order valence-corrected chi connectivity index (χ2v) is 6.41. The zero-order chi connectivity index (χ0) is 13.6. The van der Waals surface area contributed by atoms with Gasteiger partial charge in [-0.05, 0) is 49.5 Å².